The number of anilines is 1. The number of para-hydroxylation sites is 1. The fourth-order valence-electron chi connectivity index (χ4n) is 3.86. The quantitative estimate of drug-likeness (QED) is 0.547. The van der Waals surface area contributed by atoms with E-state index < -0.39 is 12.6 Å². The zero-order chi connectivity index (χ0) is 25.2. The highest BCUT2D eigenvalue weighted by molar-refractivity contribution is 6.01. The predicted octanol–water partition coefficient (Wildman–Crippen LogP) is 2.83. The van der Waals surface area contributed by atoms with E-state index >= 15 is 0 Å². The zero-order valence-corrected chi connectivity index (χ0v) is 20.0. The van der Waals surface area contributed by atoms with Gasteiger partial charge in [0.2, 0.25) is 5.91 Å². The molecule has 0 bridgehead atoms. The molecule has 0 radical (unpaired) electrons. The highest BCUT2D eigenvalue weighted by Crippen LogP contribution is 2.20. The first-order valence-corrected chi connectivity index (χ1v) is 11.5. The number of benzene rings is 2. The van der Waals surface area contributed by atoms with Crippen molar-refractivity contribution in [2.24, 2.45) is 5.92 Å². The van der Waals surface area contributed by atoms with E-state index in [1.165, 1.54) is 13.2 Å². The standard InChI is InChI=1S/C26H30N2O7/c1-33-20-10-7-18(8-11-20)9-12-23(29)27-22-6-4-3-5-21(22)26(32)35-17-24(30)28-15-13-19(14-16-28)25(31)34-2/h3-8,10-11,19H,9,12-17H2,1-2H3,(H,27,29). The van der Waals surface area contributed by atoms with Gasteiger partial charge in [-0.05, 0) is 49.1 Å². The van der Waals surface area contributed by atoms with Gasteiger partial charge >= 0.3 is 11.9 Å². The van der Waals surface area contributed by atoms with Crippen LogP contribution in [0.25, 0.3) is 0 Å². The maximum Gasteiger partial charge on any atom is 0.340 e. The number of carbonyl (C=O) groups is 4. The molecule has 0 atom stereocenters. The van der Waals surface area contributed by atoms with Crippen LogP contribution in [-0.2, 0) is 30.3 Å². The van der Waals surface area contributed by atoms with Crippen LogP contribution in [0.2, 0.25) is 0 Å². The lowest BCUT2D eigenvalue weighted by Crippen LogP contribution is -2.42. The number of amides is 2. The van der Waals surface area contributed by atoms with Crippen LogP contribution in [0.1, 0.15) is 35.2 Å². The minimum Gasteiger partial charge on any atom is -0.497 e. The summed E-state index contributed by atoms with van der Waals surface area (Å²) in [4.78, 5) is 50.8. The second kappa shape index (κ2) is 12.5. The molecule has 2 aromatic carbocycles. The Morgan fingerprint density at radius 1 is 0.971 bits per heavy atom. The number of esters is 2. The number of nitrogens with zero attached hydrogens (tertiary/aromatic N) is 1. The van der Waals surface area contributed by atoms with Crippen molar-refractivity contribution in [2.45, 2.75) is 25.7 Å². The van der Waals surface area contributed by atoms with Crippen molar-refractivity contribution in [2.75, 3.05) is 39.2 Å². The van der Waals surface area contributed by atoms with E-state index in [0.717, 1.165) is 11.3 Å². The fourth-order valence-corrected chi connectivity index (χ4v) is 3.86. The molecule has 1 aliphatic rings. The molecule has 0 aromatic heterocycles. The highest BCUT2D eigenvalue weighted by atomic mass is 16.5. The molecule has 1 heterocycles. The van der Waals surface area contributed by atoms with E-state index in [-0.39, 0.29) is 35.7 Å². The molecule has 9 heteroatoms. The fraction of sp³-hybridized carbons (Fsp3) is 0.385. The van der Waals surface area contributed by atoms with Gasteiger partial charge in [-0.3, -0.25) is 14.4 Å². The second-order valence-corrected chi connectivity index (χ2v) is 8.20. The molecule has 35 heavy (non-hydrogen) atoms. The summed E-state index contributed by atoms with van der Waals surface area (Å²) >= 11 is 0. The Hall–Kier alpha value is -3.88. The van der Waals surface area contributed by atoms with Crippen LogP contribution in [0, 0.1) is 5.92 Å². The van der Waals surface area contributed by atoms with Gasteiger partial charge in [0.25, 0.3) is 5.91 Å². The minimum absolute atomic E-state index is 0.169. The molecule has 186 valence electrons. The number of ether oxygens (including phenoxy) is 3. The number of hydrogen-bond acceptors (Lipinski definition) is 7. The van der Waals surface area contributed by atoms with Crippen molar-refractivity contribution in [3.8, 4) is 5.75 Å². The molecule has 1 aliphatic heterocycles. The van der Waals surface area contributed by atoms with Gasteiger partial charge in [0.15, 0.2) is 6.61 Å². The third kappa shape index (κ3) is 7.30. The summed E-state index contributed by atoms with van der Waals surface area (Å²) in [6, 6.07) is 14.0. The van der Waals surface area contributed by atoms with Crippen molar-refractivity contribution in [1.82, 2.24) is 4.90 Å². The molecular formula is C26H30N2O7. The van der Waals surface area contributed by atoms with Gasteiger partial charge in [0.05, 0.1) is 31.4 Å². The molecule has 9 nitrogen and oxygen atoms in total. The van der Waals surface area contributed by atoms with Crippen molar-refractivity contribution >= 4 is 29.4 Å². The van der Waals surface area contributed by atoms with Crippen LogP contribution in [0.3, 0.4) is 0 Å². The number of nitrogens with one attached hydrogen (secondary N) is 1. The monoisotopic (exact) mass is 482 g/mol. The average Bonchev–Trinajstić information content (AvgIpc) is 2.90. The smallest absolute Gasteiger partial charge is 0.340 e. The van der Waals surface area contributed by atoms with Crippen LogP contribution in [0.15, 0.2) is 48.5 Å². The number of methoxy groups -OCH3 is 2. The maximum absolute atomic E-state index is 12.6. The van der Waals surface area contributed by atoms with Crippen LogP contribution in [0.5, 0.6) is 5.75 Å². The summed E-state index contributed by atoms with van der Waals surface area (Å²) in [6.07, 6.45) is 1.79. The van der Waals surface area contributed by atoms with Crippen LogP contribution in [-0.4, -0.2) is 62.6 Å². The molecule has 0 spiro atoms. The Bertz CT molecular complexity index is 1040. The molecular weight excluding hydrogens is 452 g/mol. The number of likely N-dealkylation sites (tertiary alicyclic amines) is 1. The van der Waals surface area contributed by atoms with Crippen LogP contribution >= 0.6 is 0 Å². The van der Waals surface area contributed by atoms with Crippen LogP contribution < -0.4 is 10.1 Å². The molecule has 1 N–H and O–H groups in total. The van der Waals surface area contributed by atoms with Gasteiger partial charge in [-0.1, -0.05) is 24.3 Å². The Morgan fingerprint density at radius 2 is 1.66 bits per heavy atom. The Morgan fingerprint density at radius 3 is 2.31 bits per heavy atom. The summed E-state index contributed by atoms with van der Waals surface area (Å²) in [5.74, 6) is -1.02. The van der Waals surface area contributed by atoms with Gasteiger partial charge in [0, 0.05) is 19.5 Å². The van der Waals surface area contributed by atoms with Crippen LogP contribution in [0.4, 0.5) is 5.69 Å². The molecule has 1 saturated heterocycles. The first-order valence-electron chi connectivity index (χ1n) is 11.5. The lowest BCUT2D eigenvalue weighted by Gasteiger charge is -2.30. The van der Waals surface area contributed by atoms with Gasteiger partial charge in [0.1, 0.15) is 5.75 Å². The predicted molar refractivity (Wildman–Crippen MR) is 128 cm³/mol. The minimum atomic E-state index is -0.700. The first kappa shape index (κ1) is 25.7. The Kier molecular flexibility index (Phi) is 9.23. The summed E-state index contributed by atoms with van der Waals surface area (Å²) in [5, 5.41) is 2.75. The summed E-state index contributed by atoms with van der Waals surface area (Å²) in [7, 11) is 2.94. The summed E-state index contributed by atoms with van der Waals surface area (Å²) in [6.45, 7) is 0.384. The summed E-state index contributed by atoms with van der Waals surface area (Å²) < 4.78 is 15.1. The number of aryl methyl sites for hydroxylation is 1. The first-order chi connectivity index (χ1) is 16.9. The highest BCUT2D eigenvalue weighted by Gasteiger charge is 2.28. The normalized spacial score (nSPS) is 13.6. The SMILES string of the molecule is COC(=O)C1CCN(C(=O)COC(=O)c2ccccc2NC(=O)CCc2ccc(OC)cc2)CC1. The lowest BCUT2D eigenvalue weighted by atomic mass is 9.97. The van der Waals surface area contributed by atoms with Gasteiger partial charge in [-0.25, -0.2) is 4.79 Å². The molecule has 2 aromatic rings. The Labute approximate surface area is 204 Å². The van der Waals surface area contributed by atoms with E-state index in [1.54, 1.807) is 30.2 Å². The number of carbonyl (C=O) groups excluding carboxylic acids is 4. The van der Waals surface area contributed by atoms with Crippen molar-refractivity contribution in [3.63, 3.8) is 0 Å². The number of rotatable bonds is 9. The molecule has 3 rings (SSSR count). The molecule has 0 aliphatic carbocycles. The van der Waals surface area contributed by atoms with E-state index in [1.807, 2.05) is 24.3 Å². The lowest BCUT2D eigenvalue weighted by molar-refractivity contribution is -0.149. The maximum atomic E-state index is 12.6. The molecule has 0 saturated carbocycles. The number of hydrogen-bond donors (Lipinski definition) is 1. The topological polar surface area (TPSA) is 111 Å². The van der Waals surface area contributed by atoms with Gasteiger partial charge in [-0.2, -0.15) is 0 Å². The summed E-state index contributed by atoms with van der Waals surface area (Å²) in [5.41, 5.74) is 1.48. The molecule has 1 fully saturated rings. The van der Waals surface area contributed by atoms with E-state index in [2.05, 4.69) is 5.32 Å². The van der Waals surface area contributed by atoms with E-state index in [4.69, 9.17) is 14.2 Å². The number of piperidine rings is 1. The van der Waals surface area contributed by atoms with Crippen molar-refractivity contribution < 1.29 is 33.4 Å². The third-order valence-electron chi connectivity index (χ3n) is 5.93. The molecule has 2 amide bonds. The van der Waals surface area contributed by atoms with Gasteiger partial charge < -0.3 is 24.4 Å². The van der Waals surface area contributed by atoms with Crippen molar-refractivity contribution in [3.05, 3.63) is 59.7 Å². The molecule has 0 unspecified atom stereocenters. The van der Waals surface area contributed by atoms with E-state index in [0.29, 0.717) is 38.0 Å². The largest absolute Gasteiger partial charge is 0.497 e. The van der Waals surface area contributed by atoms with Crippen molar-refractivity contribution in [1.29, 1.82) is 0 Å². The second-order valence-electron chi connectivity index (χ2n) is 8.20. The zero-order valence-electron chi connectivity index (χ0n) is 20.0. The van der Waals surface area contributed by atoms with Gasteiger partial charge in [-0.15, -0.1) is 0 Å². The third-order valence-corrected chi connectivity index (χ3v) is 5.93. The van der Waals surface area contributed by atoms with E-state index in [9.17, 15) is 19.2 Å². The average molecular weight is 483 g/mol. The Balaban J connectivity index is 1.49.